The summed E-state index contributed by atoms with van der Waals surface area (Å²) in [4.78, 5) is 11.1. The quantitative estimate of drug-likeness (QED) is 0.794. The Morgan fingerprint density at radius 1 is 1.24 bits per heavy atom. The van der Waals surface area contributed by atoms with E-state index in [1.54, 1.807) is 6.20 Å². The molecule has 25 heavy (non-hydrogen) atoms. The van der Waals surface area contributed by atoms with Crippen LogP contribution in [0.15, 0.2) is 48.8 Å². The second-order valence-corrected chi connectivity index (χ2v) is 6.26. The van der Waals surface area contributed by atoms with Gasteiger partial charge in [-0.25, -0.2) is 9.97 Å². The number of ether oxygens (including phenoxy) is 1. The van der Waals surface area contributed by atoms with Crippen molar-refractivity contribution in [2.75, 3.05) is 19.7 Å². The molecule has 1 N–H and O–H groups in total. The molecule has 0 aliphatic carbocycles. The molecule has 0 saturated carbocycles. The zero-order valence-corrected chi connectivity index (χ0v) is 14.2. The van der Waals surface area contributed by atoms with Gasteiger partial charge >= 0.3 is 0 Å². The number of nitrogens with one attached hydrogen (secondary N) is 1. The van der Waals surface area contributed by atoms with Crippen LogP contribution in [0.2, 0.25) is 0 Å². The maximum Gasteiger partial charge on any atom is 0.125 e. The van der Waals surface area contributed by atoms with Gasteiger partial charge in [0.05, 0.1) is 24.2 Å². The molecule has 3 heterocycles. The number of aromatic amines is 1. The van der Waals surface area contributed by atoms with Crippen LogP contribution in [-0.4, -0.2) is 44.8 Å². The average Bonchev–Trinajstić information content (AvgIpc) is 3.11. The molecule has 1 aliphatic rings. The molecule has 6 heteroatoms. The third-order valence-electron chi connectivity index (χ3n) is 4.45. The van der Waals surface area contributed by atoms with Gasteiger partial charge < -0.3 is 4.74 Å². The van der Waals surface area contributed by atoms with E-state index in [1.165, 1.54) is 5.56 Å². The summed E-state index contributed by atoms with van der Waals surface area (Å²) in [5.41, 5.74) is 4.39. The average molecular weight is 335 g/mol. The molecule has 0 spiro atoms. The van der Waals surface area contributed by atoms with Crippen molar-refractivity contribution in [2.45, 2.75) is 19.6 Å². The monoisotopic (exact) mass is 335 g/mol. The maximum atomic E-state index is 5.93. The molecule has 0 radical (unpaired) electrons. The Balaban J connectivity index is 1.49. The van der Waals surface area contributed by atoms with Gasteiger partial charge in [-0.3, -0.25) is 10.00 Å². The minimum absolute atomic E-state index is 0.0115. The van der Waals surface area contributed by atoms with E-state index in [1.807, 2.05) is 37.4 Å². The van der Waals surface area contributed by atoms with Crippen molar-refractivity contribution in [1.82, 2.24) is 25.1 Å². The van der Waals surface area contributed by atoms with Crippen LogP contribution in [0, 0.1) is 6.92 Å². The fourth-order valence-electron chi connectivity index (χ4n) is 3.21. The van der Waals surface area contributed by atoms with E-state index in [4.69, 9.17) is 4.74 Å². The summed E-state index contributed by atoms with van der Waals surface area (Å²) in [5, 5.41) is 7.38. The second-order valence-electron chi connectivity index (χ2n) is 6.26. The normalized spacial score (nSPS) is 18.4. The predicted molar refractivity (Wildman–Crippen MR) is 94.8 cm³/mol. The van der Waals surface area contributed by atoms with Gasteiger partial charge in [-0.1, -0.05) is 30.3 Å². The number of nitrogens with zero attached hydrogens (tertiary/aromatic N) is 4. The second kappa shape index (κ2) is 7.13. The van der Waals surface area contributed by atoms with Crippen LogP contribution in [0.4, 0.5) is 0 Å². The Morgan fingerprint density at radius 2 is 2.12 bits per heavy atom. The number of aryl methyl sites for hydroxylation is 1. The first-order valence-corrected chi connectivity index (χ1v) is 8.51. The lowest BCUT2D eigenvalue weighted by Gasteiger charge is -2.32. The number of H-pyrrole nitrogens is 1. The molecule has 4 rings (SSSR count). The maximum absolute atomic E-state index is 5.93. The fraction of sp³-hybridized carbons (Fsp3) is 0.316. The molecule has 0 unspecified atom stereocenters. The summed E-state index contributed by atoms with van der Waals surface area (Å²) in [6.07, 6.45) is 3.70. The Kier molecular flexibility index (Phi) is 4.54. The highest BCUT2D eigenvalue weighted by Gasteiger charge is 2.24. The smallest absolute Gasteiger partial charge is 0.125 e. The fourth-order valence-corrected chi connectivity index (χ4v) is 3.21. The third-order valence-corrected chi connectivity index (χ3v) is 4.45. The highest BCUT2D eigenvalue weighted by Crippen LogP contribution is 2.25. The minimum atomic E-state index is -0.0115. The van der Waals surface area contributed by atoms with E-state index >= 15 is 0 Å². The molecule has 0 bridgehead atoms. The summed E-state index contributed by atoms with van der Waals surface area (Å²) < 4.78 is 5.93. The first-order valence-electron chi connectivity index (χ1n) is 8.51. The molecule has 1 fully saturated rings. The van der Waals surface area contributed by atoms with Crippen LogP contribution in [0.5, 0.6) is 0 Å². The first kappa shape index (κ1) is 15.9. The van der Waals surface area contributed by atoms with Crippen LogP contribution in [0.3, 0.4) is 0 Å². The Bertz CT molecular complexity index is 833. The molecule has 1 aliphatic heterocycles. The summed E-state index contributed by atoms with van der Waals surface area (Å²) in [6, 6.07) is 12.3. The summed E-state index contributed by atoms with van der Waals surface area (Å²) in [7, 11) is 0. The highest BCUT2D eigenvalue weighted by atomic mass is 16.5. The first-order chi connectivity index (χ1) is 12.3. The van der Waals surface area contributed by atoms with E-state index in [0.29, 0.717) is 6.61 Å². The van der Waals surface area contributed by atoms with Crippen LogP contribution in [0.1, 0.15) is 23.2 Å². The van der Waals surface area contributed by atoms with Crippen LogP contribution in [-0.2, 0) is 11.3 Å². The number of benzene rings is 1. The molecular weight excluding hydrogens is 314 g/mol. The third kappa shape index (κ3) is 3.60. The van der Waals surface area contributed by atoms with Crippen molar-refractivity contribution in [2.24, 2.45) is 0 Å². The standard InChI is InChI=1S/C19H21N5O/c1-14-20-8-7-17(22-14)18-13-24(9-10-25-18)12-16-11-21-23-19(16)15-5-3-2-4-6-15/h2-8,11,18H,9-10,12-13H2,1H3,(H,21,23)/t18-/m1/s1. The SMILES string of the molecule is Cc1nccc([C@H]2CN(Cc3cn[nH]c3-c3ccccc3)CCO2)n1. The van der Waals surface area contributed by atoms with Crippen LogP contribution >= 0.6 is 0 Å². The topological polar surface area (TPSA) is 66.9 Å². The van der Waals surface area contributed by atoms with Gasteiger partial charge in [0.1, 0.15) is 11.9 Å². The van der Waals surface area contributed by atoms with E-state index in [-0.39, 0.29) is 6.10 Å². The van der Waals surface area contributed by atoms with Crippen molar-refractivity contribution < 1.29 is 4.74 Å². The molecule has 1 aromatic carbocycles. The number of hydrogen-bond acceptors (Lipinski definition) is 5. The molecule has 128 valence electrons. The van der Waals surface area contributed by atoms with E-state index < -0.39 is 0 Å². The van der Waals surface area contributed by atoms with Gasteiger partial charge in [-0.05, 0) is 18.6 Å². The van der Waals surface area contributed by atoms with Gasteiger partial charge in [0.15, 0.2) is 0 Å². The minimum Gasteiger partial charge on any atom is -0.369 e. The Morgan fingerprint density at radius 3 is 2.96 bits per heavy atom. The zero-order chi connectivity index (χ0) is 17.1. The van der Waals surface area contributed by atoms with Crippen molar-refractivity contribution >= 4 is 0 Å². The molecule has 3 aromatic rings. The van der Waals surface area contributed by atoms with Gasteiger partial charge in [0.25, 0.3) is 0 Å². The molecule has 2 aromatic heterocycles. The molecule has 1 saturated heterocycles. The number of morpholine rings is 1. The van der Waals surface area contributed by atoms with Crippen LogP contribution in [0.25, 0.3) is 11.3 Å². The van der Waals surface area contributed by atoms with E-state index in [2.05, 4.69) is 37.2 Å². The van der Waals surface area contributed by atoms with E-state index in [0.717, 1.165) is 42.4 Å². The highest BCUT2D eigenvalue weighted by molar-refractivity contribution is 5.62. The molecular formula is C19H21N5O. The molecule has 1 atom stereocenters. The number of hydrogen-bond donors (Lipinski definition) is 1. The largest absolute Gasteiger partial charge is 0.369 e. The summed E-state index contributed by atoms with van der Waals surface area (Å²) in [5.74, 6) is 0.777. The van der Waals surface area contributed by atoms with Crippen molar-refractivity contribution in [1.29, 1.82) is 0 Å². The zero-order valence-electron chi connectivity index (χ0n) is 14.2. The Labute approximate surface area is 146 Å². The van der Waals surface area contributed by atoms with Gasteiger partial charge in [0, 0.05) is 31.4 Å². The molecule has 6 nitrogen and oxygen atoms in total. The van der Waals surface area contributed by atoms with Gasteiger partial charge in [0.2, 0.25) is 0 Å². The summed E-state index contributed by atoms with van der Waals surface area (Å²) >= 11 is 0. The number of rotatable bonds is 4. The lowest BCUT2D eigenvalue weighted by molar-refractivity contribution is -0.0350. The van der Waals surface area contributed by atoms with Gasteiger partial charge in [-0.15, -0.1) is 0 Å². The number of aromatic nitrogens is 4. The summed E-state index contributed by atoms with van der Waals surface area (Å²) in [6.45, 7) is 5.16. The lowest BCUT2D eigenvalue weighted by Crippen LogP contribution is -2.38. The molecule has 0 amide bonds. The van der Waals surface area contributed by atoms with E-state index in [9.17, 15) is 0 Å². The predicted octanol–water partition coefficient (Wildman–Crippen LogP) is 2.75. The van der Waals surface area contributed by atoms with Crippen molar-refractivity contribution in [3.05, 3.63) is 65.9 Å². The Hall–Kier alpha value is -2.57. The van der Waals surface area contributed by atoms with Gasteiger partial charge in [-0.2, -0.15) is 5.10 Å². The van der Waals surface area contributed by atoms with Crippen molar-refractivity contribution in [3.63, 3.8) is 0 Å². The van der Waals surface area contributed by atoms with Crippen LogP contribution < -0.4 is 0 Å². The lowest BCUT2D eigenvalue weighted by atomic mass is 10.1. The van der Waals surface area contributed by atoms with Crippen molar-refractivity contribution in [3.8, 4) is 11.3 Å².